The van der Waals surface area contributed by atoms with E-state index in [0.717, 1.165) is 34.3 Å². The van der Waals surface area contributed by atoms with Gasteiger partial charge in [-0.15, -0.1) is 0 Å². The van der Waals surface area contributed by atoms with Crippen molar-refractivity contribution in [2.24, 2.45) is 7.05 Å². The number of nitrogens with one attached hydrogen (secondary N) is 1. The molecule has 2 heterocycles. The summed E-state index contributed by atoms with van der Waals surface area (Å²) in [6, 6.07) is 11.4. The summed E-state index contributed by atoms with van der Waals surface area (Å²) in [4.78, 5) is 30.0. The number of rotatable bonds is 3. The molecule has 2 aromatic carbocycles. The number of aryl methyl sites for hydroxylation is 3. The monoisotopic (exact) mass is 419 g/mol. The van der Waals surface area contributed by atoms with Crippen LogP contribution in [0.25, 0.3) is 22.0 Å². The maximum Gasteiger partial charge on any atom is 0.258 e. The average Bonchev–Trinajstić information content (AvgIpc) is 2.73. The van der Waals surface area contributed by atoms with E-state index in [0.29, 0.717) is 17.2 Å². The third-order valence-electron chi connectivity index (χ3n) is 5.21. The molecule has 0 aliphatic rings. The first kappa shape index (κ1) is 20.4. The molecule has 0 aliphatic heterocycles. The minimum atomic E-state index is -0.869. The number of hydrogen-bond acceptors (Lipinski definition) is 3. The van der Waals surface area contributed by atoms with Crippen molar-refractivity contribution >= 4 is 22.5 Å². The average molecular weight is 419 g/mol. The van der Waals surface area contributed by atoms with Gasteiger partial charge in [-0.2, -0.15) is 0 Å². The number of halogens is 2. The predicted molar refractivity (Wildman–Crippen MR) is 116 cm³/mol. The maximum atomic E-state index is 13.9. The minimum Gasteiger partial charge on any atom is -0.319 e. The number of nitrogens with zero attached hydrogens (tertiary/aromatic N) is 2. The van der Waals surface area contributed by atoms with Crippen LogP contribution in [0.5, 0.6) is 0 Å². The van der Waals surface area contributed by atoms with Crippen LogP contribution in [0.15, 0.2) is 59.5 Å². The van der Waals surface area contributed by atoms with Crippen LogP contribution in [0.2, 0.25) is 0 Å². The van der Waals surface area contributed by atoms with Gasteiger partial charge < -0.3 is 9.88 Å². The van der Waals surface area contributed by atoms with E-state index in [-0.39, 0.29) is 16.8 Å². The van der Waals surface area contributed by atoms with Crippen molar-refractivity contribution in [1.82, 2.24) is 9.55 Å². The summed E-state index contributed by atoms with van der Waals surface area (Å²) in [5, 5.41) is 3.24. The number of fused-ring (bicyclic) bond motifs is 1. The molecule has 1 amide bonds. The standard InChI is InChI=1S/C24H19F2N3O2/c1-13-4-5-15(23(30)28-21-7-6-17(25)11-20(21)26)9-18(13)19-10-16-12-27-14(2)8-22(16)29(3)24(19)31/h4-12H,1-3H3,(H,28,30). The summed E-state index contributed by atoms with van der Waals surface area (Å²) >= 11 is 0. The molecule has 0 aliphatic carbocycles. The van der Waals surface area contributed by atoms with E-state index in [4.69, 9.17) is 0 Å². The largest absolute Gasteiger partial charge is 0.319 e. The van der Waals surface area contributed by atoms with Crippen LogP contribution in [0, 0.1) is 25.5 Å². The Balaban J connectivity index is 1.78. The van der Waals surface area contributed by atoms with Crippen LogP contribution in [0.4, 0.5) is 14.5 Å². The van der Waals surface area contributed by atoms with Gasteiger partial charge in [-0.05, 0) is 61.4 Å². The molecule has 0 bridgehead atoms. The molecule has 0 saturated carbocycles. The van der Waals surface area contributed by atoms with Crippen molar-refractivity contribution in [2.45, 2.75) is 13.8 Å². The second-order valence-corrected chi connectivity index (χ2v) is 7.41. The van der Waals surface area contributed by atoms with Crippen molar-refractivity contribution in [3.05, 3.63) is 93.5 Å². The van der Waals surface area contributed by atoms with Gasteiger partial charge in [-0.3, -0.25) is 14.6 Å². The number of aromatic nitrogens is 2. The van der Waals surface area contributed by atoms with E-state index in [1.807, 2.05) is 19.9 Å². The number of amides is 1. The van der Waals surface area contributed by atoms with Crippen LogP contribution in [-0.4, -0.2) is 15.5 Å². The summed E-state index contributed by atoms with van der Waals surface area (Å²) in [5.74, 6) is -2.17. The number of pyridine rings is 2. The molecule has 0 spiro atoms. The fraction of sp³-hybridized carbons (Fsp3) is 0.125. The molecule has 0 atom stereocenters. The zero-order valence-electron chi connectivity index (χ0n) is 17.2. The topological polar surface area (TPSA) is 64.0 Å². The lowest BCUT2D eigenvalue weighted by atomic mass is 9.97. The third-order valence-corrected chi connectivity index (χ3v) is 5.21. The lowest BCUT2D eigenvalue weighted by molar-refractivity contribution is 0.102. The Morgan fingerprint density at radius 3 is 2.52 bits per heavy atom. The molecular formula is C24H19F2N3O2. The van der Waals surface area contributed by atoms with Crippen LogP contribution < -0.4 is 10.9 Å². The molecule has 2 aromatic heterocycles. The van der Waals surface area contributed by atoms with E-state index >= 15 is 0 Å². The second kappa shape index (κ2) is 7.75. The van der Waals surface area contributed by atoms with Crippen molar-refractivity contribution in [3.63, 3.8) is 0 Å². The van der Waals surface area contributed by atoms with Gasteiger partial charge in [0.15, 0.2) is 0 Å². The fourth-order valence-corrected chi connectivity index (χ4v) is 3.50. The van der Waals surface area contributed by atoms with Gasteiger partial charge in [0.1, 0.15) is 11.6 Å². The molecule has 1 N–H and O–H groups in total. The molecule has 5 nitrogen and oxygen atoms in total. The Morgan fingerprint density at radius 2 is 1.77 bits per heavy atom. The van der Waals surface area contributed by atoms with E-state index in [1.165, 1.54) is 0 Å². The van der Waals surface area contributed by atoms with Gasteiger partial charge >= 0.3 is 0 Å². The Bertz CT molecular complexity index is 1410. The van der Waals surface area contributed by atoms with Gasteiger partial charge in [-0.1, -0.05) is 6.07 Å². The Morgan fingerprint density at radius 1 is 1.00 bits per heavy atom. The molecule has 7 heteroatoms. The van der Waals surface area contributed by atoms with Crippen LogP contribution >= 0.6 is 0 Å². The maximum absolute atomic E-state index is 13.9. The highest BCUT2D eigenvalue weighted by atomic mass is 19.1. The number of benzene rings is 2. The molecule has 0 fully saturated rings. The summed E-state index contributed by atoms with van der Waals surface area (Å²) in [6.07, 6.45) is 1.71. The normalized spacial score (nSPS) is 11.0. The molecule has 0 unspecified atom stereocenters. The van der Waals surface area contributed by atoms with Gasteiger partial charge in [0.2, 0.25) is 0 Å². The van der Waals surface area contributed by atoms with Crippen LogP contribution in [0.3, 0.4) is 0 Å². The summed E-state index contributed by atoms with van der Waals surface area (Å²) in [6.45, 7) is 3.70. The quantitative estimate of drug-likeness (QED) is 0.521. The number of anilines is 1. The zero-order valence-corrected chi connectivity index (χ0v) is 17.2. The number of carbonyl (C=O) groups is 1. The molecule has 4 rings (SSSR count). The van der Waals surface area contributed by atoms with Gasteiger partial charge in [0, 0.05) is 41.5 Å². The van der Waals surface area contributed by atoms with Crippen molar-refractivity contribution in [3.8, 4) is 11.1 Å². The second-order valence-electron chi connectivity index (χ2n) is 7.41. The highest BCUT2D eigenvalue weighted by Gasteiger charge is 2.16. The Hall–Kier alpha value is -3.87. The van der Waals surface area contributed by atoms with Gasteiger partial charge in [-0.25, -0.2) is 8.78 Å². The third kappa shape index (κ3) is 3.82. The van der Waals surface area contributed by atoms with E-state index in [1.54, 1.807) is 42.1 Å². The molecule has 0 radical (unpaired) electrons. The number of carbonyl (C=O) groups excluding carboxylic acids is 1. The lowest BCUT2D eigenvalue weighted by Crippen LogP contribution is -2.20. The molecule has 31 heavy (non-hydrogen) atoms. The number of hydrogen-bond donors (Lipinski definition) is 1. The summed E-state index contributed by atoms with van der Waals surface area (Å²) in [7, 11) is 1.69. The van der Waals surface area contributed by atoms with E-state index in [2.05, 4.69) is 10.3 Å². The minimum absolute atomic E-state index is 0.128. The van der Waals surface area contributed by atoms with Gasteiger partial charge in [0.05, 0.1) is 11.2 Å². The Labute approximate surface area is 177 Å². The summed E-state index contributed by atoms with van der Waals surface area (Å²) < 4.78 is 28.6. The molecule has 4 aromatic rings. The zero-order chi connectivity index (χ0) is 22.3. The van der Waals surface area contributed by atoms with E-state index in [9.17, 15) is 18.4 Å². The molecular weight excluding hydrogens is 400 g/mol. The highest BCUT2D eigenvalue weighted by Crippen LogP contribution is 2.26. The summed E-state index contributed by atoms with van der Waals surface area (Å²) in [5.41, 5.74) is 3.31. The first-order chi connectivity index (χ1) is 14.7. The lowest BCUT2D eigenvalue weighted by Gasteiger charge is -2.13. The Kier molecular flexibility index (Phi) is 5.10. The molecule has 0 saturated heterocycles. The smallest absolute Gasteiger partial charge is 0.258 e. The predicted octanol–water partition coefficient (Wildman–Crippen LogP) is 4.75. The van der Waals surface area contributed by atoms with Crippen molar-refractivity contribution < 1.29 is 13.6 Å². The SMILES string of the molecule is Cc1cc2c(cn1)cc(-c1cc(C(=O)Nc3ccc(F)cc3F)ccc1C)c(=O)n2C. The van der Waals surface area contributed by atoms with Crippen molar-refractivity contribution in [2.75, 3.05) is 5.32 Å². The fourth-order valence-electron chi connectivity index (χ4n) is 3.50. The first-order valence-corrected chi connectivity index (χ1v) is 9.58. The molecule has 156 valence electrons. The van der Waals surface area contributed by atoms with Gasteiger partial charge in [0.25, 0.3) is 11.5 Å². The van der Waals surface area contributed by atoms with Crippen LogP contribution in [-0.2, 0) is 7.05 Å². The first-order valence-electron chi connectivity index (χ1n) is 9.58. The highest BCUT2D eigenvalue weighted by molar-refractivity contribution is 6.05. The van der Waals surface area contributed by atoms with Crippen molar-refractivity contribution in [1.29, 1.82) is 0 Å². The van der Waals surface area contributed by atoms with Crippen LogP contribution in [0.1, 0.15) is 21.6 Å². The van der Waals surface area contributed by atoms with E-state index < -0.39 is 17.5 Å².